The summed E-state index contributed by atoms with van der Waals surface area (Å²) in [6, 6.07) is 12.8. The van der Waals surface area contributed by atoms with Crippen LogP contribution in [0, 0.1) is 0 Å². The molecule has 1 aliphatic heterocycles. The van der Waals surface area contributed by atoms with Crippen molar-refractivity contribution in [1.29, 1.82) is 0 Å². The standard InChI is InChI=1S/C15H10N3S/c1-2-7-17-10(4-1)8-13-15(17)19-14-11-5-3-6-16-12(11)9-18(13)14/h1-8H,9H2/q+1. The molecule has 5 rings (SSSR count). The molecule has 4 aromatic heterocycles. The summed E-state index contributed by atoms with van der Waals surface area (Å²) in [5, 5.41) is 1.33. The zero-order valence-corrected chi connectivity index (χ0v) is 10.9. The molecule has 0 aromatic carbocycles. The molecule has 5 heterocycles. The fourth-order valence-corrected chi connectivity index (χ4v) is 4.19. The minimum atomic E-state index is 0.891. The molecule has 0 saturated carbocycles. The fourth-order valence-electron chi connectivity index (χ4n) is 2.90. The lowest BCUT2D eigenvalue weighted by Gasteiger charge is -1.91. The first-order valence-corrected chi connectivity index (χ1v) is 7.10. The van der Waals surface area contributed by atoms with Gasteiger partial charge in [-0.25, -0.2) is 0 Å². The Labute approximate surface area is 113 Å². The Morgan fingerprint density at radius 1 is 1.21 bits per heavy atom. The van der Waals surface area contributed by atoms with Crippen molar-refractivity contribution in [1.82, 2.24) is 9.38 Å². The van der Waals surface area contributed by atoms with Crippen LogP contribution >= 0.6 is 11.3 Å². The predicted molar refractivity (Wildman–Crippen MR) is 75.3 cm³/mol. The maximum absolute atomic E-state index is 4.49. The summed E-state index contributed by atoms with van der Waals surface area (Å²) in [5.74, 6) is 0. The van der Waals surface area contributed by atoms with E-state index in [4.69, 9.17) is 0 Å². The van der Waals surface area contributed by atoms with Crippen molar-refractivity contribution in [3.8, 4) is 10.6 Å². The summed E-state index contributed by atoms with van der Waals surface area (Å²) in [4.78, 5) is 5.81. The lowest BCUT2D eigenvalue weighted by molar-refractivity contribution is -0.642. The van der Waals surface area contributed by atoms with Gasteiger partial charge in [0.15, 0.2) is 11.4 Å². The first kappa shape index (κ1) is 9.69. The summed E-state index contributed by atoms with van der Waals surface area (Å²) in [6.45, 7) is 0.891. The van der Waals surface area contributed by atoms with Crippen LogP contribution < -0.4 is 4.57 Å². The van der Waals surface area contributed by atoms with Crippen molar-refractivity contribution in [2.45, 2.75) is 6.54 Å². The number of pyridine rings is 2. The number of thiazole rings is 1. The van der Waals surface area contributed by atoms with Gasteiger partial charge in [0.25, 0.3) is 5.01 Å². The van der Waals surface area contributed by atoms with Crippen LogP contribution in [-0.2, 0) is 6.54 Å². The number of aromatic nitrogens is 3. The minimum Gasteiger partial charge on any atom is -0.303 e. The smallest absolute Gasteiger partial charge is 0.274 e. The highest BCUT2D eigenvalue weighted by Crippen LogP contribution is 2.35. The molecule has 0 saturated heterocycles. The third kappa shape index (κ3) is 1.12. The normalized spacial score (nSPS) is 13.1. The van der Waals surface area contributed by atoms with Crippen LogP contribution in [0.5, 0.6) is 0 Å². The third-order valence-corrected chi connectivity index (χ3v) is 5.00. The van der Waals surface area contributed by atoms with E-state index in [-0.39, 0.29) is 0 Å². The van der Waals surface area contributed by atoms with E-state index >= 15 is 0 Å². The lowest BCUT2D eigenvalue weighted by atomic mass is 10.2. The van der Waals surface area contributed by atoms with Crippen molar-refractivity contribution < 1.29 is 4.57 Å². The Balaban J connectivity index is 1.93. The van der Waals surface area contributed by atoms with Gasteiger partial charge in [-0.1, -0.05) is 6.07 Å². The van der Waals surface area contributed by atoms with Gasteiger partial charge in [-0.05, 0) is 35.6 Å². The molecule has 0 radical (unpaired) electrons. The Morgan fingerprint density at radius 3 is 3.21 bits per heavy atom. The highest BCUT2D eigenvalue weighted by molar-refractivity contribution is 7.20. The summed E-state index contributed by atoms with van der Waals surface area (Å²) >= 11 is 1.85. The predicted octanol–water partition coefficient (Wildman–Crippen LogP) is 2.87. The van der Waals surface area contributed by atoms with Crippen molar-refractivity contribution in [2.75, 3.05) is 0 Å². The van der Waals surface area contributed by atoms with Gasteiger partial charge >= 0.3 is 0 Å². The molecule has 4 aromatic rings. The second-order valence-corrected chi connectivity index (χ2v) is 5.80. The quantitative estimate of drug-likeness (QED) is 0.394. The Morgan fingerprint density at radius 2 is 2.21 bits per heavy atom. The maximum Gasteiger partial charge on any atom is 0.274 e. The molecule has 0 fully saturated rings. The largest absolute Gasteiger partial charge is 0.303 e. The van der Waals surface area contributed by atoms with E-state index in [9.17, 15) is 0 Å². The molecule has 90 valence electrons. The second-order valence-electron chi connectivity index (χ2n) is 4.82. The molecule has 0 amide bonds. The number of nitrogens with zero attached hydrogens (tertiary/aromatic N) is 3. The van der Waals surface area contributed by atoms with Crippen LogP contribution in [-0.4, -0.2) is 9.38 Å². The SMILES string of the molecule is c1cnc2c(c1)-c1sc3c(cc4ccccn43)[n+]1C2. The van der Waals surface area contributed by atoms with Gasteiger partial charge in [0, 0.05) is 18.5 Å². The van der Waals surface area contributed by atoms with Gasteiger partial charge in [0.2, 0.25) is 5.52 Å². The molecule has 1 aliphatic rings. The number of fused-ring (bicyclic) bond motifs is 7. The third-order valence-electron chi connectivity index (χ3n) is 3.77. The maximum atomic E-state index is 4.49. The van der Waals surface area contributed by atoms with E-state index in [2.05, 4.69) is 50.5 Å². The zero-order chi connectivity index (χ0) is 12.4. The van der Waals surface area contributed by atoms with Gasteiger partial charge in [-0.3, -0.25) is 4.98 Å². The van der Waals surface area contributed by atoms with E-state index < -0.39 is 0 Å². The van der Waals surface area contributed by atoms with Gasteiger partial charge < -0.3 is 4.40 Å². The Hall–Kier alpha value is -2.20. The van der Waals surface area contributed by atoms with Crippen molar-refractivity contribution >= 4 is 27.2 Å². The van der Waals surface area contributed by atoms with Gasteiger partial charge in [0.1, 0.15) is 5.69 Å². The molecular weight excluding hydrogens is 254 g/mol. The molecule has 0 spiro atoms. The molecule has 4 heteroatoms. The number of rotatable bonds is 0. The summed E-state index contributed by atoms with van der Waals surface area (Å²) < 4.78 is 4.64. The Kier molecular flexibility index (Phi) is 1.64. The van der Waals surface area contributed by atoms with Gasteiger partial charge in [0.05, 0.1) is 11.1 Å². The van der Waals surface area contributed by atoms with E-state index in [1.807, 2.05) is 23.6 Å². The van der Waals surface area contributed by atoms with Crippen molar-refractivity contribution in [2.24, 2.45) is 0 Å². The lowest BCUT2D eigenvalue weighted by Crippen LogP contribution is -2.30. The van der Waals surface area contributed by atoms with Crippen LogP contribution in [0.3, 0.4) is 0 Å². The molecule has 0 unspecified atom stereocenters. The molecular formula is C15H10N3S+. The molecule has 0 aliphatic carbocycles. The van der Waals surface area contributed by atoms with E-state index in [1.165, 1.54) is 32.1 Å². The highest BCUT2D eigenvalue weighted by Gasteiger charge is 2.33. The van der Waals surface area contributed by atoms with Crippen LogP contribution in [0.2, 0.25) is 0 Å². The first-order chi connectivity index (χ1) is 9.42. The van der Waals surface area contributed by atoms with E-state index in [0.717, 1.165) is 6.54 Å². The average molecular weight is 264 g/mol. The average Bonchev–Trinajstić information content (AvgIpc) is 3.07. The molecule has 0 bridgehead atoms. The zero-order valence-electron chi connectivity index (χ0n) is 10.1. The summed E-state index contributed by atoms with van der Waals surface area (Å²) in [6.07, 6.45) is 4.01. The monoisotopic (exact) mass is 264 g/mol. The molecule has 0 atom stereocenters. The Bertz CT molecular complexity index is 949. The van der Waals surface area contributed by atoms with E-state index in [0.29, 0.717) is 0 Å². The molecule has 0 N–H and O–H groups in total. The fraction of sp³-hybridized carbons (Fsp3) is 0.0667. The van der Waals surface area contributed by atoms with Gasteiger partial charge in [-0.2, -0.15) is 4.57 Å². The molecule has 19 heavy (non-hydrogen) atoms. The molecule has 3 nitrogen and oxygen atoms in total. The highest BCUT2D eigenvalue weighted by atomic mass is 32.1. The summed E-state index contributed by atoms with van der Waals surface area (Å²) in [5.41, 5.74) is 5.03. The van der Waals surface area contributed by atoms with E-state index in [1.54, 1.807) is 0 Å². The first-order valence-electron chi connectivity index (χ1n) is 6.28. The second kappa shape index (κ2) is 3.22. The summed E-state index contributed by atoms with van der Waals surface area (Å²) in [7, 11) is 0. The van der Waals surface area contributed by atoms with Crippen molar-refractivity contribution in [3.05, 3.63) is 54.5 Å². The minimum absolute atomic E-state index is 0.891. The van der Waals surface area contributed by atoms with Crippen LogP contribution in [0.4, 0.5) is 0 Å². The topological polar surface area (TPSA) is 21.2 Å². The van der Waals surface area contributed by atoms with Gasteiger partial charge in [-0.15, -0.1) is 0 Å². The van der Waals surface area contributed by atoms with Crippen molar-refractivity contribution in [3.63, 3.8) is 0 Å². The number of hydrogen-bond donors (Lipinski definition) is 0. The number of hydrogen-bond acceptors (Lipinski definition) is 2. The van der Waals surface area contributed by atoms with Crippen LogP contribution in [0.1, 0.15) is 5.69 Å². The van der Waals surface area contributed by atoms with Crippen LogP contribution in [0.15, 0.2) is 48.8 Å². The van der Waals surface area contributed by atoms with Crippen LogP contribution in [0.25, 0.3) is 26.4 Å².